The minimum atomic E-state index is -0.806. The van der Waals surface area contributed by atoms with Crippen LogP contribution in [0.2, 0.25) is 0 Å². The summed E-state index contributed by atoms with van der Waals surface area (Å²) < 4.78 is 40.8. The second-order valence-corrected chi connectivity index (χ2v) is 6.16. The van der Waals surface area contributed by atoms with Gasteiger partial charge in [0.1, 0.15) is 17.5 Å². The molecule has 0 saturated carbocycles. The van der Waals surface area contributed by atoms with E-state index < -0.39 is 23.4 Å². The quantitative estimate of drug-likeness (QED) is 0.787. The van der Waals surface area contributed by atoms with Crippen LogP contribution >= 0.6 is 0 Å². The molecule has 1 aliphatic rings. The van der Waals surface area contributed by atoms with Crippen LogP contribution in [0, 0.1) is 17.5 Å². The van der Waals surface area contributed by atoms with Gasteiger partial charge in [0.25, 0.3) is 5.91 Å². The smallest absolute Gasteiger partial charge is 0.254 e. The van der Waals surface area contributed by atoms with Crippen molar-refractivity contribution < 1.29 is 22.8 Å². The largest absolute Gasteiger partial charge is 0.366 e. The van der Waals surface area contributed by atoms with E-state index in [-0.39, 0.29) is 11.3 Å². The zero-order chi connectivity index (χ0) is 18.8. The molecule has 4 nitrogen and oxygen atoms in total. The van der Waals surface area contributed by atoms with Gasteiger partial charge in [-0.3, -0.25) is 9.59 Å². The highest BCUT2D eigenvalue weighted by atomic mass is 19.1. The first-order valence-electron chi connectivity index (χ1n) is 8.16. The number of nitrogens with zero attached hydrogens (tertiary/aromatic N) is 2. The van der Waals surface area contributed by atoms with Crippen LogP contribution in [0.1, 0.15) is 27.6 Å². The standard InChI is InChI=1S/C19H17F3N2O2/c1-12(25)13-2-3-18(17(22)10-13)23-4-6-24(7-5-23)19(26)14-8-15(20)11-16(21)9-14/h2-3,8-11H,4-7H2,1H3. The van der Waals surface area contributed by atoms with Crippen molar-refractivity contribution in [1.29, 1.82) is 0 Å². The molecule has 0 radical (unpaired) electrons. The molecular weight excluding hydrogens is 345 g/mol. The molecule has 1 heterocycles. The maximum Gasteiger partial charge on any atom is 0.254 e. The van der Waals surface area contributed by atoms with Gasteiger partial charge in [-0.15, -0.1) is 0 Å². The zero-order valence-electron chi connectivity index (χ0n) is 14.1. The molecule has 0 atom stereocenters. The summed E-state index contributed by atoms with van der Waals surface area (Å²) in [6, 6.07) is 7.02. The fraction of sp³-hybridized carbons (Fsp3) is 0.263. The number of anilines is 1. The summed E-state index contributed by atoms with van der Waals surface area (Å²) in [5.74, 6) is -2.78. The monoisotopic (exact) mass is 362 g/mol. The molecule has 2 aromatic carbocycles. The summed E-state index contributed by atoms with van der Waals surface area (Å²) in [5.41, 5.74) is 0.611. The maximum atomic E-state index is 14.2. The average molecular weight is 362 g/mol. The number of carbonyl (C=O) groups is 2. The first-order valence-corrected chi connectivity index (χ1v) is 8.16. The van der Waals surface area contributed by atoms with Crippen LogP contribution in [0.4, 0.5) is 18.9 Å². The Balaban J connectivity index is 1.69. The molecule has 0 aromatic heterocycles. The lowest BCUT2D eigenvalue weighted by Crippen LogP contribution is -2.49. The number of hydrogen-bond donors (Lipinski definition) is 0. The van der Waals surface area contributed by atoms with Crippen molar-refractivity contribution >= 4 is 17.4 Å². The highest BCUT2D eigenvalue weighted by Crippen LogP contribution is 2.23. The molecule has 0 aliphatic carbocycles. The number of carbonyl (C=O) groups excluding carboxylic acids is 2. The number of hydrogen-bond acceptors (Lipinski definition) is 3. The Kier molecular flexibility index (Phi) is 4.97. The molecular formula is C19H17F3N2O2. The average Bonchev–Trinajstić information content (AvgIpc) is 2.60. The predicted octanol–water partition coefficient (Wildman–Crippen LogP) is 3.27. The lowest BCUT2D eigenvalue weighted by Gasteiger charge is -2.36. The van der Waals surface area contributed by atoms with E-state index >= 15 is 0 Å². The Hall–Kier alpha value is -2.83. The van der Waals surface area contributed by atoms with Gasteiger partial charge in [0.05, 0.1) is 5.69 Å². The maximum absolute atomic E-state index is 14.2. The first kappa shape index (κ1) is 18.0. The molecule has 7 heteroatoms. The summed E-state index contributed by atoms with van der Waals surface area (Å²) in [7, 11) is 0. The van der Waals surface area contributed by atoms with E-state index in [1.54, 1.807) is 17.0 Å². The Morgan fingerprint density at radius 3 is 2.00 bits per heavy atom. The fourth-order valence-corrected chi connectivity index (χ4v) is 2.99. The molecule has 0 bridgehead atoms. The number of amides is 1. The van der Waals surface area contributed by atoms with Crippen LogP contribution in [-0.4, -0.2) is 42.8 Å². The van der Waals surface area contributed by atoms with E-state index in [1.807, 2.05) is 0 Å². The Labute approximate surface area is 148 Å². The summed E-state index contributed by atoms with van der Waals surface area (Å²) in [4.78, 5) is 27.0. The van der Waals surface area contributed by atoms with Gasteiger partial charge in [0.15, 0.2) is 5.78 Å². The number of rotatable bonds is 3. The minimum Gasteiger partial charge on any atom is -0.366 e. The summed E-state index contributed by atoms with van der Waals surface area (Å²) in [5, 5.41) is 0. The number of piperazine rings is 1. The summed E-state index contributed by atoms with van der Waals surface area (Å²) >= 11 is 0. The van der Waals surface area contributed by atoms with Crippen molar-refractivity contribution in [1.82, 2.24) is 4.90 Å². The molecule has 136 valence electrons. The van der Waals surface area contributed by atoms with Gasteiger partial charge in [-0.05, 0) is 37.3 Å². The van der Waals surface area contributed by atoms with Crippen LogP contribution in [0.5, 0.6) is 0 Å². The third-order valence-electron chi connectivity index (χ3n) is 4.37. The molecule has 0 unspecified atom stereocenters. The lowest BCUT2D eigenvalue weighted by molar-refractivity contribution is 0.0745. The van der Waals surface area contributed by atoms with Gasteiger partial charge < -0.3 is 9.80 Å². The molecule has 1 fully saturated rings. The minimum absolute atomic E-state index is 0.0482. The Morgan fingerprint density at radius 1 is 0.846 bits per heavy atom. The van der Waals surface area contributed by atoms with Crippen LogP contribution in [-0.2, 0) is 0 Å². The van der Waals surface area contributed by atoms with Crippen LogP contribution in [0.3, 0.4) is 0 Å². The lowest BCUT2D eigenvalue weighted by atomic mass is 10.1. The molecule has 1 amide bonds. The highest BCUT2D eigenvalue weighted by Gasteiger charge is 2.24. The second kappa shape index (κ2) is 7.19. The number of ketones is 1. The van der Waals surface area contributed by atoms with Gasteiger partial charge in [0, 0.05) is 43.4 Å². The van der Waals surface area contributed by atoms with E-state index in [9.17, 15) is 22.8 Å². The highest BCUT2D eigenvalue weighted by molar-refractivity contribution is 5.95. The van der Waals surface area contributed by atoms with E-state index in [4.69, 9.17) is 0 Å². The molecule has 26 heavy (non-hydrogen) atoms. The fourth-order valence-electron chi connectivity index (χ4n) is 2.99. The third-order valence-corrected chi connectivity index (χ3v) is 4.37. The number of halogens is 3. The van der Waals surface area contributed by atoms with E-state index in [1.165, 1.54) is 17.9 Å². The van der Waals surface area contributed by atoms with E-state index in [0.29, 0.717) is 43.5 Å². The van der Waals surface area contributed by atoms with E-state index in [0.717, 1.165) is 12.1 Å². The van der Waals surface area contributed by atoms with Gasteiger partial charge in [-0.25, -0.2) is 13.2 Å². The second-order valence-electron chi connectivity index (χ2n) is 6.16. The van der Waals surface area contributed by atoms with Crippen molar-refractivity contribution in [2.45, 2.75) is 6.92 Å². The van der Waals surface area contributed by atoms with Crippen LogP contribution < -0.4 is 4.90 Å². The first-order chi connectivity index (χ1) is 12.3. The molecule has 0 N–H and O–H groups in total. The third kappa shape index (κ3) is 3.71. The van der Waals surface area contributed by atoms with Crippen molar-refractivity contribution in [2.75, 3.05) is 31.1 Å². The van der Waals surface area contributed by atoms with Crippen molar-refractivity contribution in [2.24, 2.45) is 0 Å². The Bertz CT molecular complexity index is 842. The topological polar surface area (TPSA) is 40.6 Å². The SMILES string of the molecule is CC(=O)c1ccc(N2CCN(C(=O)c3cc(F)cc(F)c3)CC2)c(F)c1. The normalized spacial score (nSPS) is 14.5. The van der Waals surface area contributed by atoms with Gasteiger partial charge in [0.2, 0.25) is 0 Å². The van der Waals surface area contributed by atoms with Crippen molar-refractivity contribution in [3.63, 3.8) is 0 Å². The molecule has 0 spiro atoms. The Morgan fingerprint density at radius 2 is 1.46 bits per heavy atom. The number of benzene rings is 2. The van der Waals surface area contributed by atoms with E-state index in [2.05, 4.69) is 0 Å². The van der Waals surface area contributed by atoms with Crippen molar-refractivity contribution in [3.8, 4) is 0 Å². The van der Waals surface area contributed by atoms with Crippen molar-refractivity contribution in [3.05, 3.63) is 65.0 Å². The van der Waals surface area contributed by atoms with Gasteiger partial charge in [-0.1, -0.05) is 0 Å². The van der Waals surface area contributed by atoms with Gasteiger partial charge >= 0.3 is 0 Å². The van der Waals surface area contributed by atoms with Crippen LogP contribution in [0.25, 0.3) is 0 Å². The number of Topliss-reactive ketones (excluding diaryl/α,β-unsaturated/α-hetero) is 1. The molecule has 1 saturated heterocycles. The summed E-state index contributed by atoms with van der Waals surface area (Å²) in [6.07, 6.45) is 0. The predicted molar refractivity (Wildman–Crippen MR) is 90.9 cm³/mol. The van der Waals surface area contributed by atoms with Crippen LogP contribution in [0.15, 0.2) is 36.4 Å². The summed E-state index contributed by atoms with van der Waals surface area (Å²) in [6.45, 7) is 2.71. The molecule has 1 aliphatic heterocycles. The van der Waals surface area contributed by atoms with Gasteiger partial charge in [-0.2, -0.15) is 0 Å². The molecule has 3 rings (SSSR count). The zero-order valence-corrected chi connectivity index (χ0v) is 14.1. The molecule has 2 aromatic rings.